The van der Waals surface area contributed by atoms with Crippen molar-refractivity contribution in [3.05, 3.63) is 17.7 Å². The van der Waals surface area contributed by atoms with Gasteiger partial charge in [-0.05, 0) is 48.3 Å². The average Bonchev–Trinajstić information content (AvgIpc) is 3.33. The van der Waals surface area contributed by atoms with Crippen molar-refractivity contribution in [3.63, 3.8) is 0 Å². The van der Waals surface area contributed by atoms with Gasteiger partial charge in [0.15, 0.2) is 11.5 Å². The molecule has 2 aliphatic rings. The van der Waals surface area contributed by atoms with Crippen molar-refractivity contribution in [2.75, 3.05) is 20.4 Å². The largest absolute Gasteiger partial charge is 0.493 e. The summed E-state index contributed by atoms with van der Waals surface area (Å²) in [6.07, 6.45) is 4.95. The van der Waals surface area contributed by atoms with E-state index in [2.05, 4.69) is 38.2 Å². The highest BCUT2D eigenvalue weighted by Crippen LogP contribution is 2.44. The van der Waals surface area contributed by atoms with Crippen molar-refractivity contribution in [2.45, 2.75) is 86.1 Å². The van der Waals surface area contributed by atoms with Gasteiger partial charge < -0.3 is 19.5 Å². The van der Waals surface area contributed by atoms with Gasteiger partial charge in [0.1, 0.15) is 0 Å². The van der Waals surface area contributed by atoms with Crippen LogP contribution in [-0.2, 0) is 0 Å². The number of hydrogen-bond acceptors (Lipinski definition) is 4. The molecule has 0 aromatic heterocycles. The van der Waals surface area contributed by atoms with Crippen LogP contribution in [-0.4, -0.2) is 26.5 Å². The molecule has 1 fully saturated rings. The van der Waals surface area contributed by atoms with Crippen molar-refractivity contribution < 1.29 is 14.2 Å². The Kier molecular flexibility index (Phi) is 10.00. The van der Waals surface area contributed by atoms with E-state index in [-0.39, 0.29) is 6.79 Å². The number of fused-ring (bicyclic) bond motifs is 1. The van der Waals surface area contributed by atoms with E-state index in [9.17, 15) is 0 Å². The second-order valence-corrected chi connectivity index (χ2v) is 7.61. The fraction of sp³-hybridized carbons (Fsp3) is 0.739. The Hall–Kier alpha value is -1.42. The first kappa shape index (κ1) is 23.6. The molecule has 2 atom stereocenters. The first-order chi connectivity index (χ1) is 13.0. The molecule has 4 heteroatoms. The summed E-state index contributed by atoms with van der Waals surface area (Å²) in [7, 11) is 1.68. The third-order valence-corrected chi connectivity index (χ3v) is 5.10. The van der Waals surface area contributed by atoms with Gasteiger partial charge >= 0.3 is 0 Å². The lowest BCUT2D eigenvalue weighted by Gasteiger charge is -2.27. The fourth-order valence-corrected chi connectivity index (χ4v) is 4.06. The summed E-state index contributed by atoms with van der Waals surface area (Å²) in [5.74, 6) is 2.85. The second kappa shape index (κ2) is 11.4. The minimum absolute atomic E-state index is 0.284. The molecule has 0 saturated carbocycles. The smallest absolute Gasteiger partial charge is 0.231 e. The fourth-order valence-electron chi connectivity index (χ4n) is 4.06. The molecular formula is C23H41NO3. The molecule has 2 unspecified atom stereocenters. The third-order valence-electron chi connectivity index (χ3n) is 5.10. The highest BCUT2D eigenvalue weighted by atomic mass is 16.7. The van der Waals surface area contributed by atoms with E-state index in [0.29, 0.717) is 17.4 Å². The Bertz CT molecular complexity index is 557. The summed E-state index contributed by atoms with van der Waals surface area (Å²) in [4.78, 5) is 0. The van der Waals surface area contributed by atoms with Crippen LogP contribution in [0.2, 0.25) is 0 Å². The highest BCUT2D eigenvalue weighted by molar-refractivity contribution is 5.55. The Morgan fingerprint density at radius 1 is 1.15 bits per heavy atom. The van der Waals surface area contributed by atoms with E-state index in [1.807, 2.05) is 27.7 Å². The molecular weight excluding hydrogens is 338 g/mol. The van der Waals surface area contributed by atoms with Gasteiger partial charge in [0, 0.05) is 12.6 Å². The summed E-state index contributed by atoms with van der Waals surface area (Å²) in [5, 5.41) is 3.71. The maximum Gasteiger partial charge on any atom is 0.231 e. The lowest BCUT2D eigenvalue weighted by Crippen LogP contribution is -2.28. The lowest BCUT2D eigenvalue weighted by atomic mass is 9.80. The SMILES string of the molecule is CC.CC.CCCC(C)(C)CC1CC(c2cc(OC)c3c(c2)OCO3)CN1. The average molecular weight is 380 g/mol. The molecule has 1 saturated heterocycles. The molecule has 4 nitrogen and oxygen atoms in total. The minimum Gasteiger partial charge on any atom is -0.493 e. The van der Waals surface area contributed by atoms with Crippen LogP contribution < -0.4 is 19.5 Å². The van der Waals surface area contributed by atoms with Gasteiger partial charge in [0.05, 0.1) is 7.11 Å². The molecule has 2 aliphatic heterocycles. The van der Waals surface area contributed by atoms with Crippen LogP contribution in [0.15, 0.2) is 12.1 Å². The summed E-state index contributed by atoms with van der Waals surface area (Å²) in [5.41, 5.74) is 1.70. The Labute approximate surface area is 167 Å². The lowest BCUT2D eigenvalue weighted by molar-refractivity contribution is 0.171. The molecule has 1 N–H and O–H groups in total. The number of nitrogens with one attached hydrogen (secondary N) is 1. The topological polar surface area (TPSA) is 39.7 Å². The number of methoxy groups -OCH3 is 1. The first-order valence-electron chi connectivity index (χ1n) is 10.7. The summed E-state index contributed by atoms with van der Waals surface area (Å²) < 4.78 is 16.5. The van der Waals surface area contributed by atoms with Gasteiger partial charge in [-0.25, -0.2) is 0 Å². The highest BCUT2D eigenvalue weighted by Gasteiger charge is 2.31. The van der Waals surface area contributed by atoms with Crippen molar-refractivity contribution in [1.82, 2.24) is 5.32 Å². The first-order valence-corrected chi connectivity index (χ1v) is 10.7. The molecule has 3 rings (SSSR count). The molecule has 0 amide bonds. The zero-order valence-corrected chi connectivity index (χ0v) is 18.8. The van der Waals surface area contributed by atoms with Gasteiger partial charge in [0.25, 0.3) is 0 Å². The maximum atomic E-state index is 5.56. The second-order valence-electron chi connectivity index (χ2n) is 7.61. The van der Waals surface area contributed by atoms with Gasteiger partial charge in [-0.1, -0.05) is 54.9 Å². The minimum atomic E-state index is 0.284. The molecule has 0 aliphatic carbocycles. The van der Waals surface area contributed by atoms with Gasteiger partial charge in [-0.2, -0.15) is 0 Å². The van der Waals surface area contributed by atoms with Crippen molar-refractivity contribution >= 4 is 0 Å². The number of hydrogen-bond donors (Lipinski definition) is 1. The predicted molar refractivity (Wildman–Crippen MR) is 114 cm³/mol. The van der Waals surface area contributed by atoms with E-state index in [0.717, 1.165) is 23.8 Å². The van der Waals surface area contributed by atoms with E-state index in [4.69, 9.17) is 14.2 Å². The molecule has 1 aromatic carbocycles. The normalized spacial score (nSPS) is 20.3. The van der Waals surface area contributed by atoms with Crippen molar-refractivity contribution in [1.29, 1.82) is 0 Å². The van der Waals surface area contributed by atoms with E-state index in [1.54, 1.807) is 7.11 Å². The van der Waals surface area contributed by atoms with Crippen molar-refractivity contribution in [3.8, 4) is 17.2 Å². The van der Waals surface area contributed by atoms with Gasteiger partial charge in [-0.3, -0.25) is 0 Å². The van der Waals surface area contributed by atoms with Crippen LogP contribution in [0.25, 0.3) is 0 Å². The van der Waals surface area contributed by atoms with Crippen LogP contribution in [0.5, 0.6) is 17.2 Å². The number of benzene rings is 1. The van der Waals surface area contributed by atoms with Gasteiger partial charge in [-0.15, -0.1) is 0 Å². The molecule has 0 radical (unpaired) electrons. The Morgan fingerprint density at radius 2 is 1.85 bits per heavy atom. The summed E-state index contributed by atoms with van der Waals surface area (Å²) in [6, 6.07) is 4.83. The molecule has 27 heavy (non-hydrogen) atoms. The number of ether oxygens (including phenoxy) is 3. The standard InChI is InChI=1S/C19H29NO3.2C2H6/c1-5-6-19(2,3)10-15-7-14(11-20-15)13-8-16(21-4)18-17(9-13)22-12-23-18;2*1-2/h8-9,14-15,20H,5-7,10-12H2,1-4H3;2*1-2H3. The maximum absolute atomic E-state index is 5.56. The molecule has 1 aromatic rings. The summed E-state index contributed by atoms with van der Waals surface area (Å²) >= 11 is 0. The van der Waals surface area contributed by atoms with Crippen LogP contribution in [0.1, 0.15) is 85.6 Å². The molecule has 2 heterocycles. The van der Waals surface area contributed by atoms with E-state index in [1.165, 1.54) is 31.2 Å². The third kappa shape index (κ3) is 6.31. The van der Waals surface area contributed by atoms with Crippen molar-refractivity contribution in [2.24, 2.45) is 5.41 Å². The summed E-state index contributed by atoms with van der Waals surface area (Å²) in [6.45, 7) is 16.3. The monoisotopic (exact) mass is 379 g/mol. The zero-order chi connectivity index (χ0) is 20.4. The van der Waals surface area contributed by atoms with E-state index >= 15 is 0 Å². The predicted octanol–water partition coefficient (Wildman–Crippen LogP) is 6.14. The molecule has 156 valence electrons. The van der Waals surface area contributed by atoms with Gasteiger partial charge in [0.2, 0.25) is 12.5 Å². The van der Waals surface area contributed by atoms with Crippen LogP contribution >= 0.6 is 0 Å². The zero-order valence-electron chi connectivity index (χ0n) is 18.8. The molecule has 0 bridgehead atoms. The quantitative estimate of drug-likeness (QED) is 0.644. The number of rotatable bonds is 6. The molecule has 0 spiro atoms. The Balaban J connectivity index is 0.000000855. The van der Waals surface area contributed by atoms with E-state index < -0.39 is 0 Å². The van der Waals surface area contributed by atoms with Crippen LogP contribution in [0.4, 0.5) is 0 Å². The Morgan fingerprint density at radius 3 is 2.48 bits per heavy atom. The van der Waals surface area contributed by atoms with Crippen LogP contribution in [0, 0.1) is 5.41 Å². The van der Waals surface area contributed by atoms with Crippen LogP contribution in [0.3, 0.4) is 0 Å².